The highest BCUT2D eigenvalue weighted by Gasteiger charge is 2.43. The van der Waals surface area contributed by atoms with Crippen LogP contribution in [0.3, 0.4) is 0 Å². The van der Waals surface area contributed by atoms with Gasteiger partial charge >= 0.3 is 0 Å². The van der Waals surface area contributed by atoms with Crippen LogP contribution < -0.4 is 19.6 Å². The van der Waals surface area contributed by atoms with Gasteiger partial charge < -0.3 is 23.5 Å². The van der Waals surface area contributed by atoms with Crippen LogP contribution in [0.15, 0.2) is 94.1 Å². The fourth-order valence-corrected chi connectivity index (χ4v) is 5.80. The fraction of sp³-hybridized carbons (Fsp3) is 0.222. The van der Waals surface area contributed by atoms with Gasteiger partial charge in [0.25, 0.3) is 5.91 Å². The van der Waals surface area contributed by atoms with Gasteiger partial charge in [0.15, 0.2) is 16.9 Å². The number of carbonyl (C=O) groups excluding carboxylic acids is 1. The molecule has 6 rings (SSSR count). The predicted octanol–water partition coefficient (Wildman–Crippen LogP) is 6.79. The van der Waals surface area contributed by atoms with E-state index in [1.54, 1.807) is 19.1 Å². The van der Waals surface area contributed by atoms with Crippen LogP contribution in [0.4, 0.5) is 0 Å². The third-order valence-corrected chi connectivity index (χ3v) is 7.94. The van der Waals surface area contributed by atoms with Crippen LogP contribution in [0.5, 0.6) is 17.2 Å². The molecule has 1 aliphatic heterocycles. The number of aryl methyl sites for hydroxylation is 2. The van der Waals surface area contributed by atoms with Gasteiger partial charge in [0.1, 0.15) is 17.9 Å². The molecule has 5 aromatic rings. The van der Waals surface area contributed by atoms with Gasteiger partial charge in [-0.2, -0.15) is 0 Å². The minimum atomic E-state index is -0.653. The molecule has 0 saturated carbocycles. The zero-order valence-electron chi connectivity index (χ0n) is 24.7. The molecule has 1 atom stereocenters. The van der Waals surface area contributed by atoms with Crippen LogP contribution in [0.1, 0.15) is 50.0 Å². The maximum Gasteiger partial charge on any atom is 0.290 e. The molecule has 1 unspecified atom stereocenters. The first-order valence-corrected chi connectivity index (χ1v) is 14.2. The average Bonchev–Trinajstić information content (AvgIpc) is 3.31. The lowest BCUT2D eigenvalue weighted by Crippen LogP contribution is -2.31. The summed E-state index contributed by atoms with van der Waals surface area (Å²) in [4.78, 5) is 29.8. The van der Waals surface area contributed by atoms with E-state index in [1.807, 2.05) is 98.8 Å². The summed E-state index contributed by atoms with van der Waals surface area (Å²) >= 11 is 0. The minimum Gasteiger partial charge on any atom is -0.497 e. The number of hydrogen-bond acceptors (Lipinski definition) is 6. The molecule has 218 valence electrons. The van der Waals surface area contributed by atoms with Crippen LogP contribution in [0.25, 0.3) is 11.0 Å². The summed E-state index contributed by atoms with van der Waals surface area (Å²) in [7, 11) is 3.21. The Morgan fingerprint density at radius 3 is 2.30 bits per heavy atom. The van der Waals surface area contributed by atoms with Crippen molar-refractivity contribution in [1.82, 2.24) is 4.90 Å². The molecule has 1 aromatic heterocycles. The molecule has 1 aliphatic rings. The molecule has 2 heterocycles. The Labute approximate surface area is 250 Å². The molecule has 0 aliphatic carbocycles. The van der Waals surface area contributed by atoms with Crippen molar-refractivity contribution in [3.8, 4) is 17.2 Å². The third-order valence-electron chi connectivity index (χ3n) is 7.94. The summed E-state index contributed by atoms with van der Waals surface area (Å²) in [5, 5.41) is 0.473. The summed E-state index contributed by atoms with van der Waals surface area (Å²) < 4.78 is 23.4. The van der Waals surface area contributed by atoms with E-state index in [2.05, 4.69) is 0 Å². The molecule has 7 nitrogen and oxygen atoms in total. The van der Waals surface area contributed by atoms with E-state index in [0.717, 1.165) is 33.6 Å². The van der Waals surface area contributed by atoms with Crippen LogP contribution in [-0.2, 0) is 13.0 Å². The van der Waals surface area contributed by atoms with Gasteiger partial charge in [-0.1, -0.05) is 54.6 Å². The van der Waals surface area contributed by atoms with E-state index in [0.29, 0.717) is 47.6 Å². The lowest BCUT2D eigenvalue weighted by atomic mass is 9.97. The van der Waals surface area contributed by atoms with Gasteiger partial charge in [0.05, 0.1) is 31.2 Å². The quantitative estimate of drug-likeness (QED) is 0.193. The zero-order chi connectivity index (χ0) is 30.1. The van der Waals surface area contributed by atoms with E-state index in [-0.39, 0.29) is 17.1 Å². The second-order valence-corrected chi connectivity index (χ2v) is 10.8. The highest BCUT2D eigenvalue weighted by atomic mass is 16.5. The molecule has 7 heteroatoms. The van der Waals surface area contributed by atoms with Gasteiger partial charge in [-0.25, -0.2) is 0 Å². The smallest absolute Gasteiger partial charge is 0.290 e. The van der Waals surface area contributed by atoms with E-state index in [4.69, 9.17) is 18.6 Å². The van der Waals surface area contributed by atoms with Gasteiger partial charge in [-0.15, -0.1) is 0 Å². The Morgan fingerprint density at radius 1 is 0.814 bits per heavy atom. The summed E-state index contributed by atoms with van der Waals surface area (Å²) in [6.45, 7) is 4.59. The highest BCUT2D eigenvalue weighted by Crippen LogP contribution is 2.41. The van der Waals surface area contributed by atoms with Crippen LogP contribution in [0, 0.1) is 13.8 Å². The maximum atomic E-state index is 14.1. The Bertz CT molecular complexity index is 1860. The fourth-order valence-electron chi connectivity index (χ4n) is 5.80. The average molecular weight is 576 g/mol. The summed E-state index contributed by atoms with van der Waals surface area (Å²) in [5.74, 6) is 1.63. The Morgan fingerprint density at radius 2 is 1.58 bits per heavy atom. The number of amides is 1. The monoisotopic (exact) mass is 575 g/mol. The topological polar surface area (TPSA) is 78.2 Å². The molecule has 1 amide bonds. The van der Waals surface area contributed by atoms with Crippen molar-refractivity contribution in [2.75, 3.05) is 20.8 Å². The molecular weight excluding hydrogens is 542 g/mol. The number of carbonyl (C=O) groups is 1. The van der Waals surface area contributed by atoms with Crippen LogP contribution in [0.2, 0.25) is 0 Å². The number of hydrogen-bond donors (Lipinski definition) is 0. The van der Waals surface area contributed by atoms with Crippen molar-refractivity contribution in [3.05, 3.63) is 134 Å². The summed E-state index contributed by atoms with van der Waals surface area (Å²) in [6, 6.07) is 26.3. The zero-order valence-corrected chi connectivity index (χ0v) is 24.7. The third kappa shape index (κ3) is 5.34. The highest BCUT2D eigenvalue weighted by molar-refractivity contribution is 5.99. The van der Waals surface area contributed by atoms with Crippen molar-refractivity contribution in [3.63, 3.8) is 0 Å². The largest absolute Gasteiger partial charge is 0.497 e. The first-order chi connectivity index (χ1) is 20.9. The normalized spacial score (nSPS) is 14.2. The molecule has 0 bridgehead atoms. The van der Waals surface area contributed by atoms with Crippen molar-refractivity contribution >= 4 is 16.9 Å². The van der Waals surface area contributed by atoms with Gasteiger partial charge in [0.2, 0.25) is 5.76 Å². The van der Waals surface area contributed by atoms with E-state index in [1.165, 1.54) is 0 Å². The van der Waals surface area contributed by atoms with Crippen LogP contribution in [-0.4, -0.2) is 31.6 Å². The summed E-state index contributed by atoms with van der Waals surface area (Å²) in [6.07, 6.45) is 0.585. The number of benzene rings is 4. The van der Waals surface area contributed by atoms with Gasteiger partial charge in [-0.05, 0) is 78.4 Å². The van der Waals surface area contributed by atoms with Gasteiger partial charge in [0, 0.05) is 6.54 Å². The molecule has 0 N–H and O–H groups in total. The Balaban J connectivity index is 1.42. The number of rotatable bonds is 9. The molecule has 0 saturated heterocycles. The summed E-state index contributed by atoms with van der Waals surface area (Å²) in [5.41, 5.74) is 5.18. The number of ether oxygens (including phenoxy) is 3. The molecular formula is C36H33NO6. The first kappa shape index (κ1) is 28.1. The predicted molar refractivity (Wildman–Crippen MR) is 165 cm³/mol. The molecule has 0 fully saturated rings. The molecule has 4 aromatic carbocycles. The minimum absolute atomic E-state index is 0.0903. The van der Waals surface area contributed by atoms with Crippen molar-refractivity contribution in [1.29, 1.82) is 0 Å². The maximum absolute atomic E-state index is 14.1. The lowest BCUT2D eigenvalue weighted by molar-refractivity contribution is 0.0730. The first-order valence-electron chi connectivity index (χ1n) is 14.2. The van der Waals surface area contributed by atoms with Crippen molar-refractivity contribution in [2.45, 2.75) is 32.9 Å². The van der Waals surface area contributed by atoms with E-state index < -0.39 is 6.04 Å². The number of fused-ring (bicyclic) bond motifs is 2. The van der Waals surface area contributed by atoms with Crippen molar-refractivity contribution < 1.29 is 23.4 Å². The molecule has 0 spiro atoms. The Kier molecular flexibility index (Phi) is 7.63. The Hall–Kier alpha value is -5.04. The number of nitrogens with zero attached hydrogens (tertiary/aromatic N) is 1. The van der Waals surface area contributed by atoms with E-state index in [9.17, 15) is 9.59 Å². The number of methoxy groups -OCH3 is 2. The van der Waals surface area contributed by atoms with Gasteiger partial charge in [-0.3, -0.25) is 9.59 Å². The molecule has 0 radical (unpaired) electrons. The lowest BCUT2D eigenvalue weighted by Gasteiger charge is -2.26. The van der Waals surface area contributed by atoms with Crippen molar-refractivity contribution in [2.24, 2.45) is 0 Å². The standard InChI is InChI=1S/C36H33NO6/c1-22-18-23(2)34-28(19-22)33(38)31-32(26-12-15-29(30(20-26)41-4)42-21-25-8-6-5-7-9-25)37(36(39)35(31)43-34)17-16-24-10-13-27(40-3)14-11-24/h5-15,18-20,32H,16-17,21H2,1-4H3. The SMILES string of the molecule is COc1ccc(CCN2C(=O)c3oc4c(C)cc(C)cc4c(=O)c3C2c2ccc(OCc3ccccc3)c(OC)c2)cc1. The van der Waals surface area contributed by atoms with E-state index >= 15 is 0 Å². The second-order valence-electron chi connectivity index (χ2n) is 10.8. The second kappa shape index (κ2) is 11.7. The van der Waals surface area contributed by atoms with Crippen LogP contribution >= 0.6 is 0 Å². The molecule has 43 heavy (non-hydrogen) atoms.